The number of aromatic nitrogens is 5. The summed E-state index contributed by atoms with van der Waals surface area (Å²) < 4.78 is 1.78. The molecule has 0 amide bonds. The van der Waals surface area contributed by atoms with Gasteiger partial charge in [-0.15, -0.1) is 0 Å². The Hall–Kier alpha value is -2.21. The highest BCUT2D eigenvalue weighted by atomic mass is 35.5. The zero-order valence-corrected chi connectivity index (χ0v) is 17.7. The van der Waals surface area contributed by atoms with Crippen molar-refractivity contribution in [3.8, 4) is 0 Å². The first-order valence-electron chi connectivity index (χ1n) is 8.96. The van der Waals surface area contributed by atoms with Crippen molar-refractivity contribution < 1.29 is 0 Å². The molecular weight excluding hydrogens is 348 g/mol. The molecule has 0 atom stereocenters. The minimum absolute atomic E-state index is 0.142. The van der Waals surface area contributed by atoms with Crippen LogP contribution in [-0.2, 0) is 6.54 Å². The Morgan fingerprint density at radius 2 is 1.62 bits per heavy atom. The third-order valence-corrected chi connectivity index (χ3v) is 4.31. The second-order valence-corrected chi connectivity index (χ2v) is 5.81. The van der Waals surface area contributed by atoms with Crippen LogP contribution in [0.1, 0.15) is 55.8 Å². The highest BCUT2D eigenvalue weighted by molar-refractivity contribution is 6.34. The average Bonchev–Trinajstić information content (AvgIpc) is 2.94. The van der Waals surface area contributed by atoms with Gasteiger partial charge in [-0.1, -0.05) is 39.3 Å². The molecule has 0 fully saturated rings. The lowest BCUT2D eigenvalue weighted by molar-refractivity contribution is 0.677. The van der Waals surface area contributed by atoms with Crippen molar-refractivity contribution in [2.24, 2.45) is 0 Å². The van der Waals surface area contributed by atoms with Crippen molar-refractivity contribution in [1.29, 1.82) is 0 Å². The fraction of sp³-hybridized carbons (Fsp3) is 0.474. The molecule has 3 aromatic heterocycles. The van der Waals surface area contributed by atoms with Crippen molar-refractivity contribution in [3.63, 3.8) is 0 Å². The van der Waals surface area contributed by atoms with E-state index in [0.717, 1.165) is 22.3 Å². The van der Waals surface area contributed by atoms with Gasteiger partial charge in [0.1, 0.15) is 5.15 Å². The van der Waals surface area contributed by atoms with E-state index in [1.165, 1.54) is 11.1 Å². The van der Waals surface area contributed by atoms with Crippen LogP contribution in [0.2, 0.25) is 5.15 Å². The summed E-state index contributed by atoms with van der Waals surface area (Å²) >= 11 is 6.16. The molecule has 3 rings (SSSR count). The maximum Gasteiger partial charge on any atom is 0.223 e. The molecule has 0 aliphatic heterocycles. The van der Waals surface area contributed by atoms with Gasteiger partial charge in [0.25, 0.3) is 0 Å². The Kier molecular flexibility index (Phi) is 7.96. The van der Waals surface area contributed by atoms with E-state index in [4.69, 9.17) is 17.3 Å². The molecule has 3 aromatic rings. The van der Waals surface area contributed by atoms with Gasteiger partial charge < -0.3 is 5.73 Å². The highest BCUT2D eigenvalue weighted by Crippen LogP contribution is 2.25. The first-order valence-corrected chi connectivity index (χ1v) is 9.34. The molecule has 0 spiro atoms. The van der Waals surface area contributed by atoms with Gasteiger partial charge in [-0.05, 0) is 44.4 Å². The fourth-order valence-corrected chi connectivity index (χ4v) is 2.81. The molecule has 26 heavy (non-hydrogen) atoms. The molecule has 0 aliphatic carbocycles. The lowest BCUT2D eigenvalue weighted by atomic mass is 10.1. The van der Waals surface area contributed by atoms with Gasteiger partial charge in [0.2, 0.25) is 5.95 Å². The minimum Gasteiger partial charge on any atom is -0.368 e. The third kappa shape index (κ3) is 4.30. The summed E-state index contributed by atoms with van der Waals surface area (Å²) in [7, 11) is 0. The van der Waals surface area contributed by atoms with Crippen LogP contribution in [0, 0.1) is 27.7 Å². The third-order valence-electron chi connectivity index (χ3n) is 4.04. The van der Waals surface area contributed by atoms with E-state index in [0.29, 0.717) is 17.3 Å². The van der Waals surface area contributed by atoms with E-state index >= 15 is 0 Å². The minimum atomic E-state index is 0.142. The van der Waals surface area contributed by atoms with Crippen LogP contribution < -0.4 is 5.73 Å². The number of pyridine rings is 1. The van der Waals surface area contributed by atoms with E-state index in [-0.39, 0.29) is 5.95 Å². The number of anilines is 1. The molecule has 0 saturated heterocycles. The number of aryl methyl sites for hydroxylation is 2. The molecule has 0 aromatic carbocycles. The van der Waals surface area contributed by atoms with Gasteiger partial charge in [0.15, 0.2) is 5.65 Å². The number of halogens is 1. The molecule has 7 heteroatoms. The number of nitrogens with two attached hydrogens (primary N) is 1. The largest absolute Gasteiger partial charge is 0.368 e. The van der Waals surface area contributed by atoms with Crippen molar-refractivity contribution >= 4 is 28.6 Å². The van der Waals surface area contributed by atoms with Gasteiger partial charge >= 0.3 is 0 Å². The Morgan fingerprint density at radius 3 is 2.23 bits per heavy atom. The average molecular weight is 377 g/mol. The maximum absolute atomic E-state index is 6.16. The van der Waals surface area contributed by atoms with Crippen LogP contribution in [0.5, 0.6) is 0 Å². The number of nitrogen functional groups attached to an aromatic ring is 1. The van der Waals surface area contributed by atoms with E-state index in [1.807, 2.05) is 40.8 Å². The summed E-state index contributed by atoms with van der Waals surface area (Å²) in [5.74, 6) is 0.142. The zero-order valence-electron chi connectivity index (χ0n) is 17.0. The predicted molar refractivity (Wildman–Crippen MR) is 110 cm³/mol. The highest BCUT2D eigenvalue weighted by Gasteiger charge is 2.16. The predicted octanol–water partition coefficient (Wildman–Crippen LogP) is 4.79. The normalized spacial score (nSPS) is 10.0. The number of fused-ring (bicyclic) bond motifs is 1. The first-order chi connectivity index (χ1) is 12.4. The Balaban J connectivity index is 0.000000791. The van der Waals surface area contributed by atoms with Crippen LogP contribution in [0.15, 0.2) is 6.20 Å². The molecule has 142 valence electrons. The second kappa shape index (κ2) is 9.48. The molecule has 0 radical (unpaired) electrons. The number of rotatable bonds is 2. The molecule has 2 N–H and O–H groups in total. The van der Waals surface area contributed by atoms with Crippen molar-refractivity contribution in [1.82, 2.24) is 24.7 Å². The summed E-state index contributed by atoms with van der Waals surface area (Å²) in [4.78, 5) is 12.8. The molecule has 0 aliphatic rings. The maximum atomic E-state index is 6.16. The summed E-state index contributed by atoms with van der Waals surface area (Å²) in [6.45, 7) is 16.6. The van der Waals surface area contributed by atoms with Crippen LogP contribution in [-0.4, -0.2) is 24.7 Å². The number of hydrogen-bond acceptors (Lipinski definition) is 5. The van der Waals surface area contributed by atoms with Gasteiger partial charge in [0.05, 0.1) is 23.3 Å². The lowest BCUT2D eigenvalue weighted by Crippen LogP contribution is -2.08. The Labute approximate surface area is 160 Å². The smallest absolute Gasteiger partial charge is 0.223 e. The van der Waals surface area contributed by atoms with E-state index in [1.54, 1.807) is 4.68 Å². The molecule has 0 bridgehead atoms. The van der Waals surface area contributed by atoms with E-state index in [9.17, 15) is 0 Å². The standard InChI is InChI=1S/C15H17ClN6.2C2H6/c1-7-5-18-11(9(3)8(7)2)6-22-14-12(10(4)21-22)13(16)19-15(17)20-14;2*1-2/h5H,6H2,1-4H3,(H2,17,19,20);2*1-2H3. The lowest BCUT2D eigenvalue weighted by Gasteiger charge is -2.10. The second-order valence-electron chi connectivity index (χ2n) is 5.45. The summed E-state index contributed by atoms with van der Waals surface area (Å²) in [6.07, 6.45) is 1.88. The van der Waals surface area contributed by atoms with E-state index < -0.39 is 0 Å². The first kappa shape index (κ1) is 21.8. The van der Waals surface area contributed by atoms with Crippen molar-refractivity contribution in [3.05, 3.63) is 39.4 Å². The molecule has 0 saturated carbocycles. The van der Waals surface area contributed by atoms with Crippen LogP contribution in [0.3, 0.4) is 0 Å². The molecule has 0 unspecified atom stereocenters. The Morgan fingerprint density at radius 1 is 1.00 bits per heavy atom. The quantitative estimate of drug-likeness (QED) is 0.650. The van der Waals surface area contributed by atoms with Crippen LogP contribution >= 0.6 is 11.6 Å². The van der Waals surface area contributed by atoms with Gasteiger partial charge in [0, 0.05) is 6.20 Å². The van der Waals surface area contributed by atoms with Crippen molar-refractivity contribution in [2.45, 2.75) is 61.9 Å². The molecule has 3 heterocycles. The summed E-state index contributed by atoms with van der Waals surface area (Å²) in [5, 5.41) is 5.58. The van der Waals surface area contributed by atoms with Gasteiger partial charge in [-0.25, -0.2) is 9.67 Å². The van der Waals surface area contributed by atoms with E-state index in [2.05, 4.69) is 40.8 Å². The van der Waals surface area contributed by atoms with Crippen LogP contribution in [0.25, 0.3) is 11.0 Å². The van der Waals surface area contributed by atoms with Gasteiger partial charge in [-0.3, -0.25) is 4.98 Å². The monoisotopic (exact) mass is 376 g/mol. The Bertz CT molecular complexity index is 886. The van der Waals surface area contributed by atoms with Gasteiger partial charge in [-0.2, -0.15) is 10.1 Å². The summed E-state index contributed by atoms with van der Waals surface area (Å²) in [6, 6.07) is 0. The topological polar surface area (TPSA) is 82.5 Å². The fourth-order valence-electron chi connectivity index (χ4n) is 2.51. The molecular formula is C19H29ClN6. The van der Waals surface area contributed by atoms with Crippen molar-refractivity contribution in [2.75, 3.05) is 5.73 Å². The SMILES string of the molecule is CC.CC.Cc1cnc(Cn2nc(C)c3c(Cl)nc(N)nc32)c(C)c1C. The number of hydrogen-bond donors (Lipinski definition) is 1. The number of nitrogens with zero attached hydrogens (tertiary/aromatic N) is 5. The molecule has 6 nitrogen and oxygen atoms in total. The zero-order chi connectivity index (χ0) is 20.0. The van der Waals surface area contributed by atoms with Crippen LogP contribution in [0.4, 0.5) is 5.95 Å². The summed E-state index contributed by atoms with van der Waals surface area (Å²) in [5.41, 5.74) is 11.7.